The van der Waals surface area contributed by atoms with E-state index in [9.17, 15) is 18.0 Å². The van der Waals surface area contributed by atoms with E-state index in [1.807, 2.05) is 51.1 Å². The Balaban J connectivity index is 1.93. The Bertz CT molecular complexity index is 1990. The summed E-state index contributed by atoms with van der Waals surface area (Å²) < 4.78 is 52.1. The van der Waals surface area contributed by atoms with Gasteiger partial charge in [0.2, 0.25) is 11.8 Å². The van der Waals surface area contributed by atoms with Crippen LogP contribution in [0.25, 0.3) is 0 Å². The number of anilines is 1. The van der Waals surface area contributed by atoms with Gasteiger partial charge < -0.3 is 29.2 Å². The van der Waals surface area contributed by atoms with Crippen LogP contribution in [0, 0.1) is 0 Å². The van der Waals surface area contributed by atoms with E-state index in [-0.39, 0.29) is 40.1 Å². The molecule has 52 heavy (non-hydrogen) atoms. The van der Waals surface area contributed by atoms with Gasteiger partial charge in [-0.15, -0.1) is 0 Å². The quantitative estimate of drug-likeness (QED) is 0.140. The normalized spacial score (nSPS) is 12.0. The SMILES string of the molecule is COc1ccc(OC)c(N(CC(=O)N(Cc2ccc(Cl)cc2Cl)[C@H](Cc2ccccc2)C(=O)NC(C)(C)C)S(=O)(=O)c2ccc(OC)c(OC)c2)c1. The molecule has 278 valence electrons. The maximum atomic E-state index is 14.9. The molecule has 0 unspecified atom stereocenters. The minimum atomic E-state index is -4.55. The first-order valence-corrected chi connectivity index (χ1v) is 18.4. The molecule has 0 aliphatic rings. The number of carbonyl (C=O) groups is 2. The summed E-state index contributed by atoms with van der Waals surface area (Å²) in [5, 5.41) is 3.65. The number of hydrogen-bond donors (Lipinski definition) is 1. The van der Waals surface area contributed by atoms with Crippen LogP contribution in [0.3, 0.4) is 0 Å². The largest absolute Gasteiger partial charge is 0.497 e. The number of amides is 2. The molecular weight excluding hydrogens is 729 g/mol. The molecule has 0 aliphatic heterocycles. The minimum absolute atomic E-state index is 0.0215. The molecule has 0 fully saturated rings. The van der Waals surface area contributed by atoms with Crippen molar-refractivity contribution in [1.29, 1.82) is 0 Å². The summed E-state index contributed by atoms with van der Waals surface area (Å²) in [7, 11) is 1.09. The monoisotopic (exact) mass is 771 g/mol. The smallest absolute Gasteiger partial charge is 0.265 e. The van der Waals surface area contributed by atoms with Crippen LogP contribution in [-0.2, 0) is 32.6 Å². The van der Waals surface area contributed by atoms with E-state index in [0.717, 1.165) is 9.87 Å². The van der Waals surface area contributed by atoms with Crippen LogP contribution in [0.15, 0.2) is 89.8 Å². The highest BCUT2D eigenvalue weighted by Crippen LogP contribution is 2.38. The van der Waals surface area contributed by atoms with E-state index in [1.54, 1.807) is 18.2 Å². The molecule has 14 heteroatoms. The number of rotatable bonds is 15. The molecule has 0 bridgehead atoms. The Hall–Kier alpha value is -4.65. The molecule has 11 nitrogen and oxygen atoms in total. The van der Waals surface area contributed by atoms with Crippen molar-refractivity contribution in [2.75, 3.05) is 39.3 Å². The zero-order valence-electron chi connectivity index (χ0n) is 30.1. The van der Waals surface area contributed by atoms with Crippen molar-refractivity contribution < 1.29 is 37.0 Å². The summed E-state index contributed by atoms with van der Waals surface area (Å²) >= 11 is 12.8. The summed E-state index contributed by atoms with van der Waals surface area (Å²) in [6.07, 6.45) is 0.116. The maximum Gasteiger partial charge on any atom is 0.265 e. The number of halogens is 2. The predicted octanol–water partition coefficient (Wildman–Crippen LogP) is 6.78. The van der Waals surface area contributed by atoms with Crippen molar-refractivity contribution in [1.82, 2.24) is 10.2 Å². The highest BCUT2D eigenvalue weighted by Gasteiger charge is 2.37. The molecule has 4 rings (SSSR count). The van der Waals surface area contributed by atoms with Gasteiger partial charge in [0, 0.05) is 40.7 Å². The van der Waals surface area contributed by atoms with Crippen LogP contribution in [0.1, 0.15) is 31.9 Å². The van der Waals surface area contributed by atoms with Gasteiger partial charge in [0.1, 0.15) is 24.1 Å². The third kappa shape index (κ3) is 9.81. The molecule has 0 radical (unpaired) electrons. The number of methoxy groups -OCH3 is 4. The van der Waals surface area contributed by atoms with E-state index >= 15 is 0 Å². The van der Waals surface area contributed by atoms with E-state index < -0.39 is 40.0 Å². The van der Waals surface area contributed by atoms with Crippen LogP contribution in [0.5, 0.6) is 23.0 Å². The summed E-state index contributed by atoms with van der Waals surface area (Å²) in [6.45, 7) is 4.60. The third-order valence-electron chi connectivity index (χ3n) is 8.00. The zero-order valence-corrected chi connectivity index (χ0v) is 32.4. The van der Waals surface area contributed by atoms with Crippen molar-refractivity contribution in [2.45, 2.75) is 50.2 Å². The molecule has 1 N–H and O–H groups in total. The molecular formula is C38H43Cl2N3O8S. The number of carbonyl (C=O) groups excluding carboxylic acids is 2. The standard InChI is InChI=1S/C38H43Cl2N3O8S/c1-38(2,3)41-37(45)32(19-25-11-9-8-10-12-25)42(23-26-13-14-27(39)20-30(26)40)36(44)24-43(31-21-28(48-4)15-17-33(31)49-5)52(46,47)29-16-18-34(50-6)35(22-29)51-7/h8-18,20-22,32H,19,23-24H2,1-7H3,(H,41,45)/t32-/m1/s1. The van der Waals surface area contributed by atoms with Crippen molar-refractivity contribution in [3.05, 3.63) is 106 Å². The van der Waals surface area contributed by atoms with Crippen LogP contribution in [0.4, 0.5) is 5.69 Å². The number of nitrogens with zero attached hydrogens (tertiary/aromatic N) is 2. The van der Waals surface area contributed by atoms with Crippen molar-refractivity contribution in [3.63, 3.8) is 0 Å². The molecule has 4 aromatic rings. The number of ether oxygens (including phenoxy) is 4. The second-order valence-corrected chi connectivity index (χ2v) is 15.5. The summed E-state index contributed by atoms with van der Waals surface area (Å²) in [5.74, 6) is -0.216. The number of benzene rings is 4. The fourth-order valence-corrected chi connectivity index (χ4v) is 7.35. The number of sulfonamides is 1. The average molecular weight is 773 g/mol. The molecule has 0 spiro atoms. The van der Waals surface area contributed by atoms with Crippen LogP contribution < -0.4 is 28.6 Å². The Morgan fingerprint density at radius 2 is 1.44 bits per heavy atom. The minimum Gasteiger partial charge on any atom is -0.497 e. The molecule has 1 atom stereocenters. The molecule has 0 saturated carbocycles. The van der Waals surface area contributed by atoms with Crippen LogP contribution >= 0.6 is 23.2 Å². The Morgan fingerprint density at radius 1 is 0.788 bits per heavy atom. The second kappa shape index (κ2) is 17.2. The first kappa shape index (κ1) is 40.1. The molecule has 2 amide bonds. The van der Waals surface area contributed by atoms with E-state index in [0.29, 0.717) is 22.1 Å². The van der Waals surface area contributed by atoms with Crippen LogP contribution in [-0.4, -0.2) is 71.7 Å². The zero-order chi connectivity index (χ0) is 38.2. The molecule has 0 heterocycles. The lowest BCUT2D eigenvalue weighted by Crippen LogP contribution is -2.56. The summed E-state index contributed by atoms with van der Waals surface area (Å²) in [4.78, 5) is 30.2. The third-order valence-corrected chi connectivity index (χ3v) is 10.3. The van der Waals surface area contributed by atoms with Crippen molar-refractivity contribution >= 4 is 50.7 Å². The second-order valence-electron chi connectivity index (χ2n) is 12.8. The lowest BCUT2D eigenvalue weighted by Gasteiger charge is -2.35. The van der Waals surface area contributed by atoms with Gasteiger partial charge in [-0.05, 0) is 68.3 Å². The highest BCUT2D eigenvalue weighted by molar-refractivity contribution is 7.92. The topological polar surface area (TPSA) is 124 Å². The first-order valence-electron chi connectivity index (χ1n) is 16.2. The lowest BCUT2D eigenvalue weighted by atomic mass is 10.0. The summed E-state index contributed by atoms with van der Waals surface area (Å²) in [5.41, 5.74) is 0.637. The van der Waals surface area contributed by atoms with Crippen molar-refractivity contribution in [3.8, 4) is 23.0 Å². The van der Waals surface area contributed by atoms with Crippen LogP contribution in [0.2, 0.25) is 10.0 Å². The van der Waals surface area contributed by atoms with E-state index in [1.165, 1.54) is 69.7 Å². The lowest BCUT2D eigenvalue weighted by molar-refractivity contribution is -0.140. The van der Waals surface area contributed by atoms with Gasteiger partial charge in [-0.3, -0.25) is 13.9 Å². The molecule has 4 aromatic carbocycles. The maximum absolute atomic E-state index is 14.9. The predicted molar refractivity (Wildman–Crippen MR) is 202 cm³/mol. The van der Waals surface area contributed by atoms with Gasteiger partial charge in [0.25, 0.3) is 10.0 Å². The van der Waals surface area contributed by atoms with Gasteiger partial charge >= 0.3 is 0 Å². The van der Waals surface area contributed by atoms with Gasteiger partial charge in [-0.25, -0.2) is 8.42 Å². The van der Waals surface area contributed by atoms with Gasteiger partial charge in [-0.2, -0.15) is 0 Å². The number of nitrogens with one attached hydrogen (secondary N) is 1. The van der Waals surface area contributed by atoms with E-state index in [2.05, 4.69) is 5.32 Å². The highest BCUT2D eigenvalue weighted by atomic mass is 35.5. The number of hydrogen-bond acceptors (Lipinski definition) is 8. The Kier molecular flexibility index (Phi) is 13.3. The Morgan fingerprint density at radius 3 is 2.04 bits per heavy atom. The van der Waals surface area contributed by atoms with E-state index in [4.69, 9.17) is 42.1 Å². The van der Waals surface area contributed by atoms with Crippen molar-refractivity contribution in [2.24, 2.45) is 0 Å². The fraction of sp³-hybridized carbons (Fsp3) is 0.316. The fourth-order valence-electron chi connectivity index (χ4n) is 5.45. The van der Waals surface area contributed by atoms with Gasteiger partial charge in [-0.1, -0.05) is 59.6 Å². The molecule has 0 aliphatic carbocycles. The summed E-state index contributed by atoms with van der Waals surface area (Å²) in [6, 6.07) is 21.7. The Labute approximate surface area is 315 Å². The molecule has 0 saturated heterocycles. The van der Waals surface area contributed by atoms with Gasteiger partial charge in [0.05, 0.1) is 39.0 Å². The molecule has 0 aromatic heterocycles. The average Bonchev–Trinajstić information content (AvgIpc) is 3.11. The van der Waals surface area contributed by atoms with Gasteiger partial charge in [0.15, 0.2) is 11.5 Å². The first-order chi connectivity index (χ1) is 24.6.